The van der Waals surface area contributed by atoms with Crippen molar-refractivity contribution in [1.29, 1.82) is 0 Å². The Morgan fingerprint density at radius 1 is 1.17 bits per heavy atom. The zero-order valence-corrected chi connectivity index (χ0v) is 12.5. The molecule has 0 fully saturated rings. The molecule has 8 nitrogen and oxygen atoms in total. The monoisotopic (exact) mass is 318 g/mol. The predicted molar refractivity (Wildman–Crippen MR) is 83.6 cm³/mol. The molecule has 0 unspecified atom stereocenters. The number of amides is 1. The smallest absolute Gasteiger partial charge is 0.339 e. The van der Waals surface area contributed by atoms with Gasteiger partial charge in [-0.15, -0.1) is 0 Å². The fourth-order valence-corrected chi connectivity index (χ4v) is 2.97. The van der Waals surface area contributed by atoms with Gasteiger partial charge >= 0.3 is 6.03 Å². The van der Waals surface area contributed by atoms with Gasteiger partial charge in [-0.25, -0.2) is 24.7 Å². The van der Waals surface area contributed by atoms with Crippen molar-refractivity contribution in [2.75, 3.05) is 0 Å². The Kier molecular flexibility index (Phi) is 3.16. The van der Waals surface area contributed by atoms with Crippen LogP contribution in [0.15, 0.2) is 43.3 Å². The SMILES string of the molecule is NC(=O)n1n[c]c2c1CC(c1ccncn1)(c1ccncn1)C=C2. The standard InChI is InChI=1S/C16H12N7O/c17-15(24)23-12-7-16(4-1-11(12)8-22-23,13-2-5-18-9-20-13)14-3-6-19-10-21-14/h1-6,9-10H,7H2,(H2,17,24). The van der Waals surface area contributed by atoms with Crippen LogP contribution in [0.25, 0.3) is 6.08 Å². The van der Waals surface area contributed by atoms with Crippen LogP contribution in [0.1, 0.15) is 22.6 Å². The summed E-state index contributed by atoms with van der Waals surface area (Å²) in [6.45, 7) is 0. The largest absolute Gasteiger partial charge is 0.350 e. The Bertz CT molecular complexity index is 879. The van der Waals surface area contributed by atoms with Crippen LogP contribution < -0.4 is 5.73 Å². The van der Waals surface area contributed by atoms with E-state index >= 15 is 0 Å². The number of primary amides is 1. The van der Waals surface area contributed by atoms with Crippen molar-refractivity contribution >= 4 is 12.1 Å². The van der Waals surface area contributed by atoms with Gasteiger partial charge in [0.2, 0.25) is 0 Å². The van der Waals surface area contributed by atoms with E-state index in [1.54, 1.807) is 12.4 Å². The van der Waals surface area contributed by atoms with E-state index in [2.05, 4.69) is 31.2 Å². The lowest BCUT2D eigenvalue weighted by Gasteiger charge is -2.32. The van der Waals surface area contributed by atoms with E-state index in [-0.39, 0.29) is 0 Å². The van der Waals surface area contributed by atoms with Crippen LogP contribution in [-0.4, -0.2) is 35.7 Å². The first-order valence-corrected chi connectivity index (χ1v) is 7.22. The molecule has 8 heteroatoms. The molecule has 1 amide bonds. The second kappa shape index (κ2) is 5.34. The van der Waals surface area contributed by atoms with Gasteiger partial charge in [-0.2, -0.15) is 9.78 Å². The van der Waals surface area contributed by atoms with E-state index < -0.39 is 11.4 Å². The van der Waals surface area contributed by atoms with Gasteiger partial charge in [0, 0.05) is 24.4 Å². The summed E-state index contributed by atoms with van der Waals surface area (Å²) in [4.78, 5) is 28.4. The molecular formula is C16H12N7O. The normalized spacial score (nSPS) is 15.0. The summed E-state index contributed by atoms with van der Waals surface area (Å²) >= 11 is 0. The maximum atomic E-state index is 11.6. The lowest BCUT2D eigenvalue weighted by Crippen LogP contribution is -2.35. The van der Waals surface area contributed by atoms with E-state index in [0.717, 1.165) is 21.6 Å². The van der Waals surface area contributed by atoms with Gasteiger partial charge in [0.15, 0.2) is 0 Å². The van der Waals surface area contributed by atoms with Gasteiger partial charge in [-0.3, -0.25) is 0 Å². The van der Waals surface area contributed by atoms with E-state index in [0.29, 0.717) is 12.1 Å². The summed E-state index contributed by atoms with van der Waals surface area (Å²) < 4.78 is 1.16. The Balaban J connectivity index is 1.93. The molecule has 3 heterocycles. The molecule has 0 aromatic carbocycles. The van der Waals surface area contributed by atoms with Crippen molar-refractivity contribution < 1.29 is 4.79 Å². The first-order chi connectivity index (χ1) is 11.7. The van der Waals surface area contributed by atoms with Crippen molar-refractivity contribution in [2.24, 2.45) is 5.73 Å². The minimum Gasteiger partial charge on any atom is -0.350 e. The molecule has 117 valence electrons. The summed E-state index contributed by atoms with van der Waals surface area (Å²) in [5.41, 5.74) is 7.66. The molecule has 3 aromatic heterocycles. The molecule has 24 heavy (non-hydrogen) atoms. The van der Waals surface area contributed by atoms with E-state index in [9.17, 15) is 4.79 Å². The van der Waals surface area contributed by atoms with Crippen LogP contribution in [-0.2, 0) is 11.8 Å². The number of carbonyl (C=O) groups is 1. The highest BCUT2D eigenvalue weighted by atomic mass is 16.2. The van der Waals surface area contributed by atoms with Crippen LogP contribution in [0.3, 0.4) is 0 Å². The lowest BCUT2D eigenvalue weighted by atomic mass is 9.73. The predicted octanol–water partition coefficient (Wildman–Crippen LogP) is 0.746. The van der Waals surface area contributed by atoms with Crippen molar-refractivity contribution in [1.82, 2.24) is 29.7 Å². The molecule has 0 saturated heterocycles. The van der Waals surface area contributed by atoms with Gasteiger partial charge in [0.05, 0.1) is 22.5 Å². The molecule has 1 aliphatic rings. The van der Waals surface area contributed by atoms with Crippen molar-refractivity contribution in [3.8, 4) is 0 Å². The Morgan fingerprint density at radius 2 is 1.83 bits per heavy atom. The third-order valence-electron chi connectivity index (χ3n) is 4.10. The molecule has 1 aliphatic carbocycles. The van der Waals surface area contributed by atoms with Gasteiger partial charge in [0.1, 0.15) is 18.9 Å². The van der Waals surface area contributed by atoms with Gasteiger partial charge in [0.25, 0.3) is 0 Å². The second-order valence-electron chi connectivity index (χ2n) is 5.39. The number of fused-ring (bicyclic) bond motifs is 1. The van der Waals surface area contributed by atoms with E-state index in [1.807, 2.05) is 24.3 Å². The molecule has 0 bridgehead atoms. The van der Waals surface area contributed by atoms with Crippen molar-refractivity contribution in [2.45, 2.75) is 11.8 Å². The van der Waals surface area contributed by atoms with Gasteiger partial charge in [-0.05, 0) is 12.1 Å². The number of hydrogen-bond acceptors (Lipinski definition) is 6. The fourth-order valence-electron chi connectivity index (χ4n) is 2.97. The maximum Gasteiger partial charge on any atom is 0.339 e. The summed E-state index contributed by atoms with van der Waals surface area (Å²) in [5.74, 6) is 0. The van der Waals surface area contributed by atoms with Gasteiger partial charge < -0.3 is 5.73 Å². The highest BCUT2D eigenvalue weighted by molar-refractivity contribution is 5.76. The number of hydrogen-bond donors (Lipinski definition) is 1. The molecule has 1 radical (unpaired) electrons. The minimum atomic E-state index is -0.667. The summed E-state index contributed by atoms with van der Waals surface area (Å²) in [6.07, 6.45) is 13.4. The molecule has 3 aromatic rings. The van der Waals surface area contributed by atoms with Crippen molar-refractivity contribution in [3.63, 3.8) is 0 Å². The summed E-state index contributed by atoms with van der Waals surface area (Å²) in [7, 11) is 0. The highest BCUT2D eigenvalue weighted by Crippen LogP contribution is 2.39. The van der Waals surface area contributed by atoms with Crippen LogP contribution in [0, 0.1) is 6.20 Å². The number of nitrogens with zero attached hydrogens (tertiary/aromatic N) is 6. The first kappa shape index (κ1) is 14.2. The third kappa shape index (κ3) is 2.08. The lowest BCUT2D eigenvalue weighted by molar-refractivity contribution is 0.246. The zero-order chi connectivity index (χ0) is 16.6. The molecule has 4 rings (SSSR count). The topological polar surface area (TPSA) is 112 Å². The van der Waals surface area contributed by atoms with Crippen LogP contribution in [0.4, 0.5) is 4.79 Å². The van der Waals surface area contributed by atoms with Crippen LogP contribution in [0.2, 0.25) is 0 Å². The number of carbonyl (C=O) groups excluding carboxylic acids is 1. The third-order valence-corrected chi connectivity index (χ3v) is 4.10. The molecule has 0 saturated carbocycles. The molecular weight excluding hydrogens is 306 g/mol. The number of rotatable bonds is 2. The Hall–Kier alpha value is -3.42. The number of aromatic nitrogens is 6. The quantitative estimate of drug-likeness (QED) is 0.746. The average Bonchev–Trinajstić information content (AvgIpc) is 3.06. The van der Waals surface area contributed by atoms with Crippen LogP contribution >= 0.6 is 0 Å². The Morgan fingerprint density at radius 3 is 2.38 bits per heavy atom. The number of nitrogens with two attached hydrogens (primary N) is 1. The van der Waals surface area contributed by atoms with Gasteiger partial charge in [-0.1, -0.05) is 12.2 Å². The highest BCUT2D eigenvalue weighted by Gasteiger charge is 2.39. The second-order valence-corrected chi connectivity index (χ2v) is 5.39. The Labute approximate surface area is 137 Å². The molecule has 0 atom stereocenters. The average molecular weight is 318 g/mol. The van der Waals surface area contributed by atoms with E-state index in [1.165, 1.54) is 12.7 Å². The molecule has 2 N–H and O–H groups in total. The van der Waals surface area contributed by atoms with Crippen molar-refractivity contribution in [3.05, 3.63) is 72.1 Å². The zero-order valence-electron chi connectivity index (χ0n) is 12.5. The first-order valence-electron chi connectivity index (χ1n) is 7.22. The summed E-state index contributed by atoms with van der Waals surface area (Å²) in [5, 5.41) is 3.95. The maximum absolute atomic E-state index is 11.6. The van der Waals surface area contributed by atoms with E-state index in [4.69, 9.17) is 5.73 Å². The fraction of sp³-hybridized carbons (Fsp3) is 0.125. The minimum absolute atomic E-state index is 0.423. The molecule has 0 spiro atoms. The van der Waals surface area contributed by atoms with Crippen LogP contribution in [0.5, 0.6) is 0 Å². The summed E-state index contributed by atoms with van der Waals surface area (Å²) in [6, 6.07) is 3.00. The number of allylic oxidation sites excluding steroid dienone is 1. The molecule has 0 aliphatic heterocycles.